The molecule has 0 aromatic rings. The fourth-order valence-corrected chi connectivity index (χ4v) is 4.31. The topological polar surface area (TPSA) is 26.3 Å². The Morgan fingerprint density at radius 3 is 1.79 bits per heavy atom. The van der Waals surface area contributed by atoms with Gasteiger partial charge in [0.05, 0.1) is 6.61 Å². The first-order valence-corrected chi connectivity index (χ1v) is 12.5. The van der Waals surface area contributed by atoms with Crippen LogP contribution in [0.3, 0.4) is 0 Å². The molecule has 0 N–H and O–H groups in total. The van der Waals surface area contributed by atoms with Gasteiger partial charge in [0.1, 0.15) is 5.76 Å². The number of alkyl halides is 1. The molecule has 2 nitrogen and oxygen atoms in total. The van der Waals surface area contributed by atoms with Gasteiger partial charge in [0, 0.05) is 23.3 Å². The zero-order valence-corrected chi connectivity index (χ0v) is 19.7. The molecule has 3 heteroatoms. The van der Waals surface area contributed by atoms with Gasteiger partial charge in [-0.15, -0.1) is 11.6 Å². The first-order chi connectivity index (χ1) is 13.5. The Hall–Kier alpha value is -0.500. The molecule has 1 unspecified atom stereocenters. The minimum absolute atomic E-state index is 0.166. The number of ether oxygens (including phenoxy) is 1. The molecule has 1 rings (SSSR count). The molecule has 0 bridgehead atoms. The summed E-state index contributed by atoms with van der Waals surface area (Å²) < 4.78 is 5.96. The van der Waals surface area contributed by atoms with E-state index in [9.17, 15) is 4.79 Å². The molecular formula is C25H45ClO2. The lowest BCUT2D eigenvalue weighted by Crippen LogP contribution is -2.32. The number of ketones is 1. The Labute approximate surface area is 179 Å². The van der Waals surface area contributed by atoms with Crippen LogP contribution in [-0.2, 0) is 9.53 Å². The molecule has 1 atom stereocenters. The number of hydrogen-bond donors (Lipinski definition) is 0. The predicted octanol–water partition coefficient (Wildman–Crippen LogP) is 8.37. The van der Waals surface area contributed by atoms with Crippen molar-refractivity contribution in [2.75, 3.05) is 12.5 Å². The van der Waals surface area contributed by atoms with Gasteiger partial charge < -0.3 is 4.74 Å². The Morgan fingerprint density at radius 1 is 0.857 bits per heavy atom. The summed E-state index contributed by atoms with van der Waals surface area (Å²) in [6.45, 7) is 6.93. The summed E-state index contributed by atoms with van der Waals surface area (Å²) in [6.07, 6.45) is 20.0. The van der Waals surface area contributed by atoms with Crippen LogP contribution >= 0.6 is 11.6 Å². The molecule has 0 aliphatic heterocycles. The van der Waals surface area contributed by atoms with E-state index in [1.165, 1.54) is 77.0 Å². The monoisotopic (exact) mass is 412 g/mol. The number of Topliss-reactive ketones (excluding diaryl/α,β-unsaturated/α-hetero) is 1. The highest BCUT2D eigenvalue weighted by Crippen LogP contribution is 2.38. The van der Waals surface area contributed by atoms with E-state index < -0.39 is 0 Å². The van der Waals surface area contributed by atoms with Crippen molar-refractivity contribution >= 4 is 17.4 Å². The molecule has 1 aliphatic carbocycles. The van der Waals surface area contributed by atoms with Gasteiger partial charge in [-0.05, 0) is 32.6 Å². The zero-order chi connectivity index (χ0) is 20.7. The van der Waals surface area contributed by atoms with Crippen LogP contribution in [-0.4, -0.2) is 18.3 Å². The van der Waals surface area contributed by atoms with Crippen molar-refractivity contribution in [1.82, 2.24) is 0 Å². The van der Waals surface area contributed by atoms with Gasteiger partial charge in [0.15, 0.2) is 5.78 Å². The Bertz CT molecular complexity index is 457. The van der Waals surface area contributed by atoms with Crippen molar-refractivity contribution in [3.63, 3.8) is 0 Å². The number of hydrogen-bond acceptors (Lipinski definition) is 2. The summed E-state index contributed by atoms with van der Waals surface area (Å²) in [5.41, 5.74) is 0.705. The maximum Gasteiger partial charge on any atom is 0.167 e. The zero-order valence-electron chi connectivity index (χ0n) is 18.9. The minimum Gasteiger partial charge on any atom is -0.498 e. The molecule has 0 radical (unpaired) electrons. The van der Waals surface area contributed by atoms with Crippen LogP contribution in [0, 0.1) is 5.41 Å². The quantitative estimate of drug-likeness (QED) is 0.177. The van der Waals surface area contributed by atoms with Gasteiger partial charge in [-0.25, -0.2) is 0 Å². The van der Waals surface area contributed by atoms with Crippen LogP contribution < -0.4 is 0 Å². The number of unbranched alkanes of at least 4 members (excludes halogenated alkanes) is 12. The lowest BCUT2D eigenvalue weighted by Gasteiger charge is -2.32. The highest BCUT2D eigenvalue weighted by Gasteiger charge is 2.37. The number of carbonyl (C=O) groups excluding carboxylic acids is 1. The van der Waals surface area contributed by atoms with Crippen LogP contribution in [0.25, 0.3) is 0 Å². The van der Waals surface area contributed by atoms with Crippen molar-refractivity contribution in [3.05, 3.63) is 11.3 Å². The number of rotatable bonds is 17. The largest absolute Gasteiger partial charge is 0.498 e. The molecule has 0 aromatic carbocycles. The fourth-order valence-electron chi connectivity index (χ4n) is 4.12. The van der Waals surface area contributed by atoms with E-state index in [4.69, 9.17) is 16.3 Å². The summed E-state index contributed by atoms with van der Waals surface area (Å²) >= 11 is 5.69. The lowest BCUT2D eigenvalue weighted by atomic mass is 9.72. The van der Waals surface area contributed by atoms with Crippen molar-refractivity contribution in [2.45, 2.75) is 124 Å². The summed E-state index contributed by atoms with van der Waals surface area (Å²) in [6, 6.07) is 0. The van der Waals surface area contributed by atoms with Gasteiger partial charge in [0.25, 0.3) is 0 Å². The van der Waals surface area contributed by atoms with E-state index in [1.54, 1.807) is 0 Å². The van der Waals surface area contributed by atoms with Crippen LogP contribution in [0.4, 0.5) is 0 Å². The average molecular weight is 413 g/mol. The van der Waals surface area contributed by atoms with Crippen molar-refractivity contribution in [3.8, 4) is 0 Å². The van der Waals surface area contributed by atoms with Crippen LogP contribution in [0.15, 0.2) is 11.3 Å². The number of carbonyl (C=O) groups is 1. The molecule has 0 saturated heterocycles. The molecule has 0 fully saturated rings. The van der Waals surface area contributed by atoms with E-state index in [0.29, 0.717) is 5.78 Å². The fraction of sp³-hybridized carbons (Fsp3) is 0.880. The molecular weight excluding hydrogens is 368 g/mol. The van der Waals surface area contributed by atoms with Gasteiger partial charge in [0.2, 0.25) is 0 Å². The molecule has 1 aliphatic rings. The standard InChI is InChI=1S/C25H45ClO2/c1-4-25(3)19-18-23(22(2)24(25)27)28-21-17-15-13-11-9-7-5-6-8-10-12-14-16-20-26/h4-21H2,1-3H3. The van der Waals surface area contributed by atoms with E-state index >= 15 is 0 Å². The van der Waals surface area contributed by atoms with Crippen molar-refractivity contribution in [1.29, 1.82) is 0 Å². The van der Waals surface area contributed by atoms with Crippen LogP contribution in [0.1, 0.15) is 124 Å². The molecule has 28 heavy (non-hydrogen) atoms. The predicted molar refractivity (Wildman–Crippen MR) is 122 cm³/mol. The summed E-state index contributed by atoms with van der Waals surface area (Å²) in [5, 5.41) is 0. The van der Waals surface area contributed by atoms with Crippen LogP contribution in [0.5, 0.6) is 0 Å². The second-order valence-electron chi connectivity index (χ2n) is 8.93. The van der Waals surface area contributed by atoms with Gasteiger partial charge in [-0.1, -0.05) is 84.5 Å². The second-order valence-corrected chi connectivity index (χ2v) is 9.30. The second kappa shape index (κ2) is 15.4. The van der Waals surface area contributed by atoms with E-state index in [2.05, 4.69) is 13.8 Å². The lowest BCUT2D eigenvalue weighted by molar-refractivity contribution is -0.125. The highest BCUT2D eigenvalue weighted by atomic mass is 35.5. The molecule has 0 amide bonds. The van der Waals surface area contributed by atoms with E-state index in [-0.39, 0.29) is 5.41 Å². The molecule has 0 heterocycles. The Balaban J connectivity index is 1.94. The van der Waals surface area contributed by atoms with Gasteiger partial charge >= 0.3 is 0 Å². The normalized spacial score (nSPS) is 20.1. The molecule has 0 aromatic heterocycles. The van der Waals surface area contributed by atoms with E-state index in [0.717, 1.165) is 49.5 Å². The van der Waals surface area contributed by atoms with Crippen molar-refractivity contribution < 1.29 is 9.53 Å². The van der Waals surface area contributed by atoms with Crippen molar-refractivity contribution in [2.24, 2.45) is 5.41 Å². The SMILES string of the molecule is CCC1(C)CCC(OCCCCCCCCCCCCCCCCl)=C(C)C1=O. The Morgan fingerprint density at radius 2 is 1.32 bits per heavy atom. The summed E-state index contributed by atoms with van der Waals surface area (Å²) in [5.74, 6) is 2.08. The van der Waals surface area contributed by atoms with Gasteiger partial charge in [-0.2, -0.15) is 0 Å². The Kier molecular flexibility index (Phi) is 14.0. The van der Waals surface area contributed by atoms with Crippen LogP contribution in [0.2, 0.25) is 0 Å². The smallest absolute Gasteiger partial charge is 0.167 e. The summed E-state index contributed by atoms with van der Waals surface area (Å²) in [7, 11) is 0. The summed E-state index contributed by atoms with van der Waals surface area (Å²) in [4.78, 5) is 12.5. The minimum atomic E-state index is -0.166. The third-order valence-corrected chi connectivity index (χ3v) is 6.81. The maximum atomic E-state index is 12.5. The van der Waals surface area contributed by atoms with Gasteiger partial charge in [-0.3, -0.25) is 4.79 Å². The third kappa shape index (κ3) is 9.81. The first-order valence-electron chi connectivity index (χ1n) is 12.0. The van der Waals surface area contributed by atoms with E-state index in [1.807, 2.05) is 6.92 Å². The maximum absolute atomic E-state index is 12.5. The number of allylic oxidation sites excluding steroid dienone is 2. The third-order valence-electron chi connectivity index (χ3n) is 6.55. The molecule has 164 valence electrons. The molecule has 0 spiro atoms. The molecule has 0 saturated carbocycles. The highest BCUT2D eigenvalue weighted by molar-refractivity contribution is 6.17. The first kappa shape index (κ1) is 25.5. The average Bonchev–Trinajstić information content (AvgIpc) is 2.70. The number of halogens is 1.